The van der Waals surface area contributed by atoms with Crippen molar-refractivity contribution in [3.8, 4) is 17.2 Å². The molecule has 1 aromatic heterocycles. The number of nitrogens with one attached hydrogen (secondary N) is 2. The summed E-state index contributed by atoms with van der Waals surface area (Å²) in [7, 11) is 2.89. The van der Waals surface area contributed by atoms with Crippen LogP contribution < -0.4 is 19.5 Å². The van der Waals surface area contributed by atoms with E-state index in [1.165, 1.54) is 27.2 Å². The second-order valence-corrected chi connectivity index (χ2v) is 10.7. The Kier molecular flexibility index (Phi) is 11.4. The number of aliphatic carboxylic acids is 2. The minimum absolute atomic E-state index is 0.0241. The van der Waals surface area contributed by atoms with Gasteiger partial charge in [-0.3, -0.25) is 14.5 Å². The van der Waals surface area contributed by atoms with Crippen LogP contribution in [-0.4, -0.2) is 83.8 Å². The normalized spacial score (nSPS) is 17.3. The van der Waals surface area contributed by atoms with Crippen molar-refractivity contribution >= 4 is 40.8 Å². The molecule has 4 N–H and O–H groups in total. The van der Waals surface area contributed by atoms with E-state index >= 15 is 0 Å². The molecule has 2 heterocycles. The van der Waals surface area contributed by atoms with Crippen molar-refractivity contribution in [3.63, 3.8) is 0 Å². The first-order valence-electron chi connectivity index (χ1n) is 14.7. The Labute approximate surface area is 265 Å². The number of allylic oxidation sites excluding steroid dienone is 2. The number of carboxylic acids is 2. The number of piperidine rings is 1. The summed E-state index contributed by atoms with van der Waals surface area (Å²) < 4.78 is 15.8. The van der Waals surface area contributed by atoms with Crippen LogP contribution in [-0.2, 0) is 19.2 Å². The lowest BCUT2D eigenvalue weighted by Gasteiger charge is -2.39. The van der Waals surface area contributed by atoms with Gasteiger partial charge in [-0.25, -0.2) is 9.59 Å². The molecule has 0 radical (unpaired) electrons. The first kappa shape index (κ1) is 33.5. The number of methoxy groups -OCH3 is 2. The number of rotatable bonds is 13. The van der Waals surface area contributed by atoms with Gasteiger partial charge in [-0.15, -0.1) is 0 Å². The van der Waals surface area contributed by atoms with Crippen LogP contribution in [0.15, 0.2) is 72.5 Å². The number of benzene rings is 2. The van der Waals surface area contributed by atoms with E-state index in [1.807, 2.05) is 35.4 Å². The largest absolute Gasteiger partial charge is 0.493 e. The van der Waals surface area contributed by atoms with Gasteiger partial charge in [-0.05, 0) is 54.6 Å². The highest BCUT2D eigenvalue weighted by Crippen LogP contribution is 2.39. The molecule has 1 aliphatic heterocycles. The SMILES string of the molecule is COc1cc(/C=C/C=C/C(=O)NCCN2CCC(c3c[nH]c4ccccc34)CC2/C(=C/C(=O)O)C(=O)O)cc(OC)c1OC(C)=O. The molecule has 12 heteroatoms. The Hall–Kier alpha value is -5.36. The number of aromatic nitrogens is 1. The van der Waals surface area contributed by atoms with Crippen LogP contribution in [0.4, 0.5) is 0 Å². The number of carbonyl (C=O) groups is 4. The summed E-state index contributed by atoms with van der Waals surface area (Å²) >= 11 is 0. The molecule has 46 heavy (non-hydrogen) atoms. The number of esters is 1. The lowest BCUT2D eigenvalue weighted by Crippen LogP contribution is -2.47. The smallest absolute Gasteiger partial charge is 0.333 e. The van der Waals surface area contributed by atoms with Crippen molar-refractivity contribution in [3.05, 3.63) is 83.6 Å². The highest BCUT2D eigenvalue weighted by Gasteiger charge is 2.35. The molecule has 1 saturated heterocycles. The zero-order chi connectivity index (χ0) is 33.2. The van der Waals surface area contributed by atoms with Crippen LogP contribution in [0.5, 0.6) is 17.2 Å². The topological polar surface area (TPSA) is 167 Å². The van der Waals surface area contributed by atoms with Crippen LogP contribution >= 0.6 is 0 Å². The number of aromatic amines is 1. The molecule has 242 valence electrons. The summed E-state index contributed by atoms with van der Waals surface area (Å²) in [6.07, 6.45) is 10.2. The highest BCUT2D eigenvalue weighted by molar-refractivity contribution is 5.96. The van der Waals surface area contributed by atoms with E-state index in [0.717, 1.165) is 29.0 Å². The number of nitrogens with zero attached hydrogens (tertiary/aromatic N) is 1. The van der Waals surface area contributed by atoms with Gasteiger partial charge in [0.1, 0.15) is 0 Å². The van der Waals surface area contributed by atoms with E-state index in [1.54, 1.807) is 30.4 Å². The van der Waals surface area contributed by atoms with E-state index < -0.39 is 23.9 Å². The predicted octanol–water partition coefficient (Wildman–Crippen LogP) is 4.14. The van der Waals surface area contributed by atoms with E-state index in [9.17, 15) is 29.4 Å². The summed E-state index contributed by atoms with van der Waals surface area (Å²) in [6.45, 7) is 2.36. The number of carboxylic acid groups (broad SMARTS) is 2. The maximum absolute atomic E-state index is 12.5. The number of hydrogen-bond acceptors (Lipinski definition) is 8. The van der Waals surface area contributed by atoms with Gasteiger partial charge in [0.05, 0.1) is 19.8 Å². The molecule has 0 aliphatic carbocycles. The molecule has 12 nitrogen and oxygen atoms in total. The fourth-order valence-electron chi connectivity index (χ4n) is 5.68. The minimum Gasteiger partial charge on any atom is -0.493 e. The van der Waals surface area contributed by atoms with E-state index in [4.69, 9.17) is 14.2 Å². The van der Waals surface area contributed by atoms with E-state index in [-0.39, 0.29) is 29.7 Å². The molecule has 3 aromatic rings. The van der Waals surface area contributed by atoms with Gasteiger partial charge in [-0.2, -0.15) is 0 Å². The highest BCUT2D eigenvalue weighted by atomic mass is 16.6. The van der Waals surface area contributed by atoms with Crippen LogP contribution in [0.2, 0.25) is 0 Å². The molecule has 0 saturated carbocycles. The number of ether oxygens (including phenoxy) is 3. The standard InChI is InChI=1S/C34H37N3O9/c1-21(38)46-33-29(44-2)16-22(17-30(33)45-3)8-4-7-11-31(39)35-13-15-37-14-12-23(18-28(37)25(34(42)43)19-32(40)41)26-20-36-27-10-6-5-9-24(26)27/h4-11,16-17,19-20,23,28,36H,12-15,18H2,1-3H3,(H,35,39)(H,40,41)(H,42,43)/b8-4+,11-7+,25-19-. The van der Waals surface area contributed by atoms with Gasteiger partial charge in [0, 0.05) is 55.3 Å². The Bertz CT molecular complexity index is 1660. The number of hydrogen-bond donors (Lipinski definition) is 4. The zero-order valence-corrected chi connectivity index (χ0v) is 25.8. The number of H-pyrrole nitrogens is 1. The molecule has 2 unspecified atom stereocenters. The number of carbonyl (C=O) groups excluding carboxylic acids is 2. The first-order valence-corrected chi connectivity index (χ1v) is 14.7. The minimum atomic E-state index is -1.32. The van der Waals surface area contributed by atoms with Crippen molar-refractivity contribution in [2.45, 2.75) is 31.7 Å². The summed E-state index contributed by atoms with van der Waals surface area (Å²) in [4.78, 5) is 52.8. The first-order chi connectivity index (χ1) is 22.1. The number of amides is 1. The van der Waals surface area contributed by atoms with Gasteiger partial charge < -0.3 is 34.7 Å². The van der Waals surface area contributed by atoms with E-state index in [2.05, 4.69) is 10.3 Å². The maximum Gasteiger partial charge on any atom is 0.333 e. The van der Waals surface area contributed by atoms with E-state index in [0.29, 0.717) is 36.6 Å². The van der Waals surface area contributed by atoms with Crippen LogP contribution in [0.3, 0.4) is 0 Å². The number of likely N-dealkylation sites (tertiary alicyclic amines) is 1. The second kappa shape index (κ2) is 15.6. The summed E-state index contributed by atoms with van der Waals surface area (Å²) in [5, 5.41) is 23.2. The quantitative estimate of drug-likeness (QED) is 0.0932. The molecule has 2 atom stereocenters. The fraction of sp³-hybridized carbons (Fsp3) is 0.294. The summed E-state index contributed by atoms with van der Waals surface area (Å²) in [5.74, 6) is -2.66. The Balaban J connectivity index is 1.39. The predicted molar refractivity (Wildman–Crippen MR) is 171 cm³/mol. The fourth-order valence-corrected chi connectivity index (χ4v) is 5.68. The number of para-hydroxylation sites is 1. The van der Waals surface area contributed by atoms with Gasteiger partial charge in [-0.1, -0.05) is 36.4 Å². The molecule has 0 spiro atoms. The van der Waals surface area contributed by atoms with Gasteiger partial charge >= 0.3 is 17.9 Å². The lowest BCUT2D eigenvalue weighted by atomic mass is 9.82. The number of fused-ring (bicyclic) bond motifs is 1. The van der Waals surface area contributed by atoms with Crippen LogP contribution in [0.25, 0.3) is 17.0 Å². The van der Waals surface area contributed by atoms with Gasteiger partial charge in [0.15, 0.2) is 11.5 Å². The van der Waals surface area contributed by atoms with Crippen molar-refractivity contribution in [1.82, 2.24) is 15.2 Å². The second-order valence-electron chi connectivity index (χ2n) is 10.7. The molecule has 1 fully saturated rings. The van der Waals surface area contributed by atoms with Crippen molar-refractivity contribution in [2.24, 2.45) is 0 Å². The van der Waals surface area contributed by atoms with Crippen LogP contribution in [0.1, 0.15) is 36.8 Å². The molecule has 4 rings (SSSR count). The third kappa shape index (κ3) is 8.42. The van der Waals surface area contributed by atoms with Gasteiger partial charge in [0.25, 0.3) is 0 Å². The molecular weight excluding hydrogens is 594 g/mol. The summed E-state index contributed by atoms with van der Waals surface area (Å²) in [6, 6.07) is 10.5. The molecule has 0 bridgehead atoms. The molecule has 1 aliphatic rings. The third-order valence-electron chi connectivity index (χ3n) is 7.73. The Morgan fingerprint density at radius 1 is 1.07 bits per heavy atom. The molecule has 1 amide bonds. The van der Waals surface area contributed by atoms with Crippen molar-refractivity contribution in [1.29, 1.82) is 0 Å². The molecular formula is C34H37N3O9. The maximum atomic E-state index is 12.5. The summed E-state index contributed by atoms with van der Waals surface area (Å²) in [5.41, 5.74) is 2.55. The van der Waals surface area contributed by atoms with Crippen LogP contribution in [0, 0.1) is 0 Å². The zero-order valence-electron chi connectivity index (χ0n) is 25.8. The average molecular weight is 632 g/mol. The average Bonchev–Trinajstić information content (AvgIpc) is 3.46. The van der Waals surface area contributed by atoms with Gasteiger partial charge in [0.2, 0.25) is 11.7 Å². The van der Waals surface area contributed by atoms with Crippen molar-refractivity contribution < 1.29 is 43.6 Å². The van der Waals surface area contributed by atoms with Crippen molar-refractivity contribution in [2.75, 3.05) is 33.9 Å². The third-order valence-corrected chi connectivity index (χ3v) is 7.73. The Morgan fingerprint density at radius 2 is 1.78 bits per heavy atom. The monoisotopic (exact) mass is 631 g/mol. The Morgan fingerprint density at radius 3 is 2.43 bits per heavy atom. The lowest BCUT2D eigenvalue weighted by molar-refractivity contribution is -0.136. The molecule has 2 aromatic carbocycles.